The largest absolute Gasteiger partial charge is 0.475 e. The molecule has 0 aliphatic carbocycles. The molecule has 0 amide bonds. The van der Waals surface area contributed by atoms with E-state index in [0.29, 0.717) is 18.7 Å². The zero-order chi connectivity index (χ0) is 14.0. The van der Waals surface area contributed by atoms with Gasteiger partial charge >= 0.3 is 5.97 Å². The minimum atomic E-state index is -1.56. The highest BCUT2D eigenvalue weighted by atomic mass is 16.4. The van der Waals surface area contributed by atoms with Crippen molar-refractivity contribution in [2.24, 2.45) is 0 Å². The summed E-state index contributed by atoms with van der Waals surface area (Å²) < 4.78 is 0. The number of hydrogen-bond acceptors (Lipinski definition) is 4. The summed E-state index contributed by atoms with van der Waals surface area (Å²) >= 11 is 0. The topological polar surface area (TPSA) is 74.7 Å². The van der Waals surface area contributed by atoms with E-state index in [9.17, 15) is 14.4 Å². The lowest BCUT2D eigenvalue weighted by Crippen LogP contribution is -2.58. The number of carbonyl (C=O) groups excluding carboxylic acids is 2. The SMILES string of the molecule is CC(=O)C1(C(=O)C(=O)O)CCCN1c1ccccc1. The molecule has 1 saturated heterocycles. The highest BCUT2D eigenvalue weighted by Crippen LogP contribution is 2.35. The first-order valence-electron chi connectivity index (χ1n) is 6.11. The number of ketones is 2. The normalized spacial score (nSPS) is 22.3. The number of Topliss-reactive ketones (excluding diaryl/α,β-unsaturated/α-hetero) is 2. The molecule has 1 heterocycles. The minimum Gasteiger partial charge on any atom is -0.475 e. The number of benzene rings is 1. The molecule has 0 spiro atoms. The van der Waals surface area contributed by atoms with Crippen molar-refractivity contribution in [3.05, 3.63) is 30.3 Å². The Kier molecular flexibility index (Phi) is 3.38. The van der Waals surface area contributed by atoms with Crippen LogP contribution in [0.5, 0.6) is 0 Å². The quantitative estimate of drug-likeness (QED) is 0.652. The predicted molar refractivity (Wildman–Crippen MR) is 69.1 cm³/mol. The molecule has 0 radical (unpaired) electrons. The highest BCUT2D eigenvalue weighted by Gasteiger charge is 2.53. The second-order valence-electron chi connectivity index (χ2n) is 4.64. The van der Waals surface area contributed by atoms with E-state index in [4.69, 9.17) is 5.11 Å². The summed E-state index contributed by atoms with van der Waals surface area (Å²) in [6.07, 6.45) is 0.871. The van der Waals surface area contributed by atoms with Gasteiger partial charge in [0.25, 0.3) is 5.78 Å². The van der Waals surface area contributed by atoms with Crippen LogP contribution >= 0.6 is 0 Å². The number of carboxylic acids is 1. The van der Waals surface area contributed by atoms with Crippen LogP contribution in [0.25, 0.3) is 0 Å². The third kappa shape index (κ3) is 2.01. The van der Waals surface area contributed by atoms with Gasteiger partial charge in [-0.15, -0.1) is 0 Å². The number of hydrogen-bond donors (Lipinski definition) is 1. The van der Waals surface area contributed by atoms with E-state index in [1.54, 1.807) is 29.2 Å². The average molecular weight is 261 g/mol. The summed E-state index contributed by atoms with van der Waals surface area (Å²) in [5.74, 6) is -3.01. The standard InChI is InChI=1S/C14H15NO4/c1-10(16)14(12(17)13(18)19)8-5-9-15(14)11-6-3-2-4-7-11/h2-4,6-7H,5,8-9H2,1H3,(H,18,19). The van der Waals surface area contributed by atoms with Gasteiger partial charge in [0, 0.05) is 12.2 Å². The second-order valence-corrected chi connectivity index (χ2v) is 4.64. The van der Waals surface area contributed by atoms with Gasteiger partial charge in [-0.25, -0.2) is 4.79 Å². The predicted octanol–water partition coefficient (Wildman–Crippen LogP) is 1.27. The lowest BCUT2D eigenvalue weighted by molar-refractivity contribution is -0.153. The maximum absolute atomic E-state index is 12.0. The first-order valence-corrected chi connectivity index (χ1v) is 6.11. The molecule has 1 fully saturated rings. The smallest absolute Gasteiger partial charge is 0.375 e. The molecular formula is C14H15NO4. The number of carboxylic acid groups (broad SMARTS) is 1. The van der Waals surface area contributed by atoms with Crippen LogP contribution in [0.4, 0.5) is 5.69 Å². The van der Waals surface area contributed by atoms with Crippen molar-refractivity contribution < 1.29 is 19.5 Å². The molecule has 1 unspecified atom stereocenters. The number of anilines is 1. The average Bonchev–Trinajstić information content (AvgIpc) is 2.84. The van der Waals surface area contributed by atoms with Gasteiger partial charge < -0.3 is 10.0 Å². The summed E-state index contributed by atoms with van der Waals surface area (Å²) in [7, 11) is 0. The lowest BCUT2D eigenvalue weighted by Gasteiger charge is -2.35. The molecule has 1 aromatic rings. The van der Waals surface area contributed by atoms with Crippen molar-refractivity contribution in [1.29, 1.82) is 0 Å². The molecule has 0 aromatic heterocycles. The van der Waals surface area contributed by atoms with Gasteiger partial charge in [-0.2, -0.15) is 0 Å². The van der Waals surface area contributed by atoms with Gasteiger partial charge in [0.1, 0.15) is 0 Å². The number of carbonyl (C=O) groups is 3. The van der Waals surface area contributed by atoms with Crippen molar-refractivity contribution in [1.82, 2.24) is 0 Å². The van der Waals surface area contributed by atoms with Crippen molar-refractivity contribution in [2.45, 2.75) is 25.3 Å². The van der Waals surface area contributed by atoms with Gasteiger partial charge in [0.05, 0.1) is 0 Å². The van der Waals surface area contributed by atoms with Gasteiger partial charge in [-0.05, 0) is 31.9 Å². The number of aliphatic carboxylic acids is 1. The molecule has 0 saturated carbocycles. The monoisotopic (exact) mass is 261 g/mol. The van der Waals surface area contributed by atoms with Crippen LogP contribution in [-0.2, 0) is 14.4 Å². The van der Waals surface area contributed by atoms with Gasteiger partial charge in [0.15, 0.2) is 11.3 Å². The zero-order valence-corrected chi connectivity index (χ0v) is 10.6. The first-order chi connectivity index (χ1) is 9.00. The Morgan fingerprint density at radius 2 is 1.84 bits per heavy atom. The van der Waals surface area contributed by atoms with Crippen LogP contribution in [0.2, 0.25) is 0 Å². The molecular weight excluding hydrogens is 246 g/mol. The molecule has 1 atom stereocenters. The molecule has 1 aliphatic heterocycles. The Labute approximate surface area is 110 Å². The van der Waals surface area contributed by atoms with Crippen molar-refractivity contribution in [2.75, 3.05) is 11.4 Å². The Hall–Kier alpha value is -2.17. The van der Waals surface area contributed by atoms with Crippen molar-refractivity contribution in [3.8, 4) is 0 Å². The summed E-state index contributed by atoms with van der Waals surface area (Å²) in [6, 6.07) is 8.97. The Balaban J connectivity index is 2.51. The fourth-order valence-electron chi connectivity index (χ4n) is 2.72. The van der Waals surface area contributed by atoms with Crippen LogP contribution < -0.4 is 4.90 Å². The van der Waals surface area contributed by atoms with E-state index in [-0.39, 0.29) is 6.42 Å². The Morgan fingerprint density at radius 3 is 2.37 bits per heavy atom. The summed E-state index contributed by atoms with van der Waals surface area (Å²) in [4.78, 5) is 36.7. The van der Waals surface area contributed by atoms with E-state index in [1.165, 1.54) is 6.92 Å². The van der Waals surface area contributed by atoms with E-state index >= 15 is 0 Å². The van der Waals surface area contributed by atoms with Gasteiger partial charge in [0.2, 0.25) is 0 Å². The summed E-state index contributed by atoms with van der Waals surface area (Å²) in [5.41, 5.74) is -0.850. The lowest BCUT2D eigenvalue weighted by atomic mass is 9.86. The molecule has 1 aliphatic rings. The fraction of sp³-hybridized carbons (Fsp3) is 0.357. The number of nitrogens with zero attached hydrogens (tertiary/aromatic N) is 1. The summed E-state index contributed by atoms with van der Waals surface area (Å²) in [5, 5.41) is 8.99. The van der Waals surface area contributed by atoms with Crippen LogP contribution in [0.1, 0.15) is 19.8 Å². The zero-order valence-electron chi connectivity index (χ0n) is 10.6. The molecule has 19 heavy (non-hydrogen) atoms. The molecule has 5 nitrogen and oxygen atoms in total. The van der Waals surface area contributed by atoms with Gasteiger partial charge in [-0.1, -0.05) is 18.2 Å². The molecule has 2 rings (SSSR count). The van der Waals surface area contributed by atoms with E-state index < -0.39 is 23.1 Å². The Morgan fingerprint density at radius 1 is 1.21 bits per heavy atom. The number of para-hydroxylation sites is 1. The van der Waals surface area contributed by atoms with Crippen LogP contribution in [0.15, 0.2) is 30.3 Å². The molecule has 1 aromatic carbocycles. The van der Waals surface area contributed by atoms with Gasteiger partial charge in [-0.3, -0.25) is 9.59 Å². The fourth-order valence-corrected chi connectivity index (χ4v) is 2.72. The molecule has 100 valence electrons. The maximum Gasteiger partial charge on any atom is 0.375 e. The third-order valence-electron chi connectivity index (χ3n) is 3.60. The third-order valence-corrected chi connectivity index (χ3v) is 3.60. The van der Waals surface area contributed by atoms with Crippen LogP contribution in [-0.4, -0.2) is 34.7 Å². The van der Waals surface area contributed by atoms with Crippen LogP contribution in [0.3, 0.4) is 0 Å². The van der Waals surface area contributed by atoms with E-state index in [1.807, 2.05) is 6.07 Å². The minimum absolute atomic E-state index is 0.252. The van der Waals surface area contributed by atoms with Crippen LogP contribution in [0, 0.1) is 0 Å². The first kappa shape index (κ1) is 13.3. The molecule has 5 heteroatoms. The van der Waals surface area contributed by atoms with E-state index in [0.717, 1.165) is 0 Å². The van der Waals surface area contributed by atoms with Crippen molar-refractivity contribution >= 4 is 23.2 Å². The summed E-state index contributed by atoms with van der Waals surface area (Å²) in [6.45, 7) is 1.78. The second kappa shape index (κ2) is 4.84. The Bertz CT molecular complexity index is 526. The molecule has 0 bridgehead atoms. The van der Waals surface area contributed by atoms with E-state index in [2.05, 4.69) is 0 Å². The van der Waals surface area contributed by atoms with Crippen molar-refractivity contribution in [3.63, 3.8) is 0 Å². The highest BCUT2D eigenvalue weighted by molar-refractivity contribution is 6.43. The molecule has 1 N–H and O–H groups in total. The number of rotatable bonds is 4. The maximum atomic E-state index is 12.0.